The van der Waals surface area contributed by atoms with E-state index in [1.165, 1.54) is 36.6 Å². The summed E-state index contributed by atoms with van der Waals surface area (Å²) in [5, 5.41) is 0. The van der Waals surface area contributed by atoms with Crippen LogP contribution in [0.2, 0.25) is 0 Å². The Morgan fingerprint density at radius 3 is 2.23 bits per heavy atom. The second-order valence-corrected chi connectivity index (χ2v) is 9.01. The molecule has 2 amide bonds. The van der Waals surface area contributed by atoms with Gasteiger partial charge in [0.2, 0.25) is 11.7 Å². The number of benzene rings is 1. The molecule has 2 heterocycles. The molecule has 0 N–H and O–H groups in total. The van der Waals surface area contributed by atoms with Crippen LogP contribution in [0.4, 0.5) is 0 Å². The second kappa shape index (κ2) is 10.9. The van der Waals surface area contributed by atoms with Crippen LogP contribution in [0.25, 0.3) is 6.08 Å². The first kappa shape index (κ1) is 23.4. The van der Waals surface area contributed by atoms with Crippen molar-refractivity contribution in [1.29, 1.82) is 0 Å². The highest BCUT2D eigenvalue weighted by Gasteiger charge is 2.32. The average molecular weight is 465 g/mol. The zero-order valence-corrected chi connectivity index (χ0v) is 19.8. The van der Waals surface area contributed by atoms with E-state index in [4.69, 9.17) is 26.4 Å². The first-order valence-electron chi connectivity index (χ1n) is 10.3. The van der Waals surface area contributed by atoms with E-state index >= 15 is 0 Å². The number of methoxy groups -OCH3 is 3. The Hall–Kier alpha value is -2.26. The Balaban J connectivity index is 1.71. The molecule has 2 saturated heterocycles. The monoisotopic (exact) mass is 464 g/mol. The summed E-state index contributed by atoms with van der Waals surface area (Å²) in [7, 11) is 4.63. The Morgan fingerprint density at radius 2 is 1.68 bits per heavy atom. The first-order valence-corrected chi connectivity index (χ1v) is 11.5. The van der Waals surface area contributed by atoms with E-state index in [0.717, 1.165) is 31.5 Å². The molecule has 2 aliphatic heterocycles. The Kier molecular flexibility index (Phi) is 8.20. The largest absolute Gasteiger partial charge is 0.493 e. The second-order valence-electron chi connectivity index (χ2n) is 7.34. The molecular formula is C22H28N2O5S2. The van der Waals surface area contributed by atoms with Crippen molar-refractivity contribution in [2.75, 3.05) is 41.0 Å². The van der Waals surface area contributed by atoms with Crippen molar-refractivity contribution in [3.05, 3.63) is 22.6 Å². The van der Waals surface area contributed by atoms with Crippen LogP contribution in [0.5, 0.6) is 17.2 Å². The van der Waals surface area contributed by atoms with Crippen molar-refractivity contribution in [3.63, 3.8) is 0 Å². The molecular weight excluding hydrogens is 436 g/mol. The lowest BCUT2D eigenvalue weighted by molar-refractivity contribution is -0.131. The van der Waals surface area contributed by atoms with Crippen LogP contribution < -0.4 is 14.2 Å². The minimum absolute atomic E-state index is 0.0876. The topological polar surface area (TPSA) is 68.3 Å². The molecule has 0 spiro atoms. The molecule has 0 bridgehead atoms. The smallest absolute Gasteiger partial charge is 0.266 e. The first-order chi connectivity index (χ1) is 15.0. The summed E-state index contributed by atoms with van der Waals surface area (Å²) >= 11 is 6.65. The van der Waals surface area contributed by atoms with Crippen LogP contribution >= 0.6 is 24.0 Å². The number of thiocarbonyl (C=S) groups is 1. The maximum absolute atomic E-state index is 12.9. The molecule has 0 saturated carbocycles. The van der Waals surface area contributed by atoms with Gasteiger partial charge in [0, 0.05) is 26.1 Å². The van der Waals surface area contributed by atoms with Crippen LogP contribution in [-0.4, -0.2) is 66.9 Å². The van der Waals surface area contributed by atoms with E-state index in [2.05, 4.69) is 0 Å². The lowest BCUT2D eigenvalue weighted by Gasteiger charge is -2.22. The van der Waals surface area contributed by atoms with E-state index in [1.807, 2.05) is 4.90 Å². The van der Waals surface area contributed by atoms with Gasteiger partial charge in [-0.2, -0.15) is 0 Å². The van der Waals surface area contributed by atoms with Gasteiger partial charge in [0.15, 0.2) is 11.5 Å². The Labute approximate surface area is 192 Å². The highest BCUT2D eigenvalue weighted by atomic mass is 32.2. The number of thioether (sulfide) groups is 1. The Morgan fingerprint density at radius 1 is 1.06 bits per heavy atom. The van der Waals surface area contributed by atoms with Crippen LogP contribution in [-0.2, 0) is 9.59 Å². The van der Waals surface area contributed by atoms with Crippen LogP contribution in [0, 0.1) is 0 Å². The van der Waals surface area contributed by atoms with Crippen molar-refractivity contribution < 1.29 is 23.8 Å². The third-order valence-corrected chi connectivity index (χ3v) is 6.74. The molecule has 31 heavy (non-hydrogen) atoms. The quantitative estimate of drug-likeness (QED) is 0.450. The molecule has 1 aromatic rings. The minimum Gasteiger partial charge on any atom is -0.493 e. The predicted octanol–water partition coefficient (Wildman–Crippen LogP) is 3.71. The number of nitrogens with zero attached hydrogens (tertiary/aromatic N) is 2. The third kappa shape index (κ3) is 5.51. The molecule has 0 aromatic heterocycles. The van der Waals surface area contributed by atoms with E-state index in [0.29, 0.717) is 33.0 Å². The van der Waals surface area contributed by atoms with Crippen molar-refractivity contribution in [1.82, 2.24) is 9.80 Å². The fourth-order valence-corrected chi connectivity index (χ4v) is 5.02. The third-order valence-electron chi connectivity index (χ3n) is 5.37. The van der Waals surface area contributed by atoms with Gasteiger partial charge in [-0.1, -0.05) is 36.8 Å². The van der Waals surface area contributed by atoms with Gasteiger partial charge in [-0.05, 0) is 36.6 Å². The van der Waals surface area contributed by atoms with Crippen LogP contribution in [0.1, 0.15) is 37.7 Å². The molecule has 168 valence electrons. The minimum atomic E-state index is -0.188. The maximum Gasteiger partial charge on any atom is 0.266 e. The lowest BCUT2D eigenvalue weighted by atomic mass is 10.1. The van der Waals surface area contributed by atoms with Gasteiger partial charge in [-0.15, -0.1) is 0 Å². The van der Waals surface area contributed by atoms with Gasteiger partial charge in [-0.25, -0.2) is 0 Å². The zero-order valence-electron chi connectivity index (χ0n) is 18.1. The fourth-order valence-electron chi connectivity index (χ4n) is 3.71. The fraction of sp³-hybridized carbons (Fsp3) is 0.500. The molecule has 1 aromatic carbocycles. The van der Waals surface area contributed by atoms with Gasteiger partial charge in [0.05, 0.1) is 26.2 Å². The number of hydrogen-bond donors (Lipinski definition) is 0. The number of ether oxygens (including phenoxy) is 3. The number of hydrogen-bond acceptors (Lipinski definition) is 7. The SMILES string of the molecule is COc1cc(/C=C2\SC(=S)N(CCC(=O)N3CCCCCC3)C2=O)cc(OC)c1OC. The van der Waals surface area contributed by atoms with E-state index in [-0.39, 0.29) is 18.2 Å². The lowest BCUT2D eigenvalue weighted by Crippen LogP contribution is -2.36. The van der Waals surface area contributed by atoms with Crippen LogP contribution in [0.15, 0.2) is 17.0 Å². The zero-order chi connectivity index (χ0) is 22.4. The molecule has 0 unspecified atom stereocenters. The molecule has 2 fully saturated rings. The van der Waals surface area contributed by atoms with Crippen molar-refractivity contribution >= 4 is 46.2 Å². The predicted molar refractivity (Wildman–Crippen MR) is 126 cm³/mol. The van der Waals surface area contributed by atoms with Gasteiger partial charge >= 0.3 is 0 Å². The van der Waals surface area contributed by atoms with Gasteiger partial charge in [0.1, 0.15) is 4.32 Å². The summed E-state index contributed by atoms with van der Waals surface area (Å²) in [6.07, 6.45) is 6.47. The molecule has 0 aliphatic carbocycles. The number of likely N-dealkylation sites (tertiary alicyclic amines) is 1. The molecule has 7 nitrogen and oxygen atoms in total. The summed E-state index contributed by atoms with van der Waals surface area (Å²) in [4.78, 5) is 29.4. The van der Waals surface area contributed by atoms with Gasteiger partial charge in [0.25, 0.3) is 5.91 Å². The number of amides is 2. The Bertz CT molecular complexity index is 854. The molecule has 9 heteroatoms. The number of carbonyl (C=O) groups excluding carboxylic acids is 2. The number of rotatable bonds is 7. The normalized spacial score (nSPS) is 18.4. The summed E-state index contributed by atoms with van der Waals surface area (Å²) in [5.41, 5.74) is 0.732. The maximum atomic E-state index is 12.9. The summed E-state index contributed by atoms with van der Waals surface area (Å²) < 4.78 is 16.6. The highest BCUT2D eigenvalue weighted by Crippen LogP contribution is 2.40. The molecule has 0 radical (unpaired) electrons. The molecule has 3 rings (SSSR count). The van der Waals surface area contributed by atoms with Crippen molar-refractivity contribution in [3.8, 4) is 17.2 Å². The summed E-state index contributed by atoms with van der Waals surface area (Å²) in [6, 6.07) is 3.55. The van der Waals surface area contributed by atoms with Gasteiger partial charge in [-0.3, -0.25) is 14.5 Å². The van der Waals surface area contributed by atoms with Crippen molar-refractivity contribution in [2.24, 2.45) is 0 Å². The van der Waals surface area contributed by atoms with Gasteiger partial charge < -0.3 is 19.1 Å². The molecule has 0 atom stereocenters. The van der Waals surface area contributed by atoms with E-state index in [9.17, 15) is 9.59 Å². The number of carbonyl (C=O) groups is 2. The van der Waals surface area contributed by atoms with Crippen molar-refractivity contribution in [2.45, 2.75) is 32.1 Å². The van der Waals surface area contributed by atoms with E-state index in [1.54, 1.807) is 32.4 Å². The summed E-state index contributed by atoms with van der Waals surface area (Å²) in [5.74, 6) is 1.40. The summed E-state index contributed by atoms with van der Waals surface area (Å²) in [6.45, 7) is 1.91. The van der Waals surface area contributed by atoms with E-state index < -0.39 is 0 Å². The van der Waals surface area contributed by atoms with Crippen LogP contribution in [0.3, 0.4) is 0 Å². The average Bonchev–Trinajstić information content (AvgIpc) is 2.96. The standard InChI is InChI=1S/C22H28N2O5S2/c1-27-16-12-15(13-17(28-2)20(16)29-3)14-18-21(26)24(22(30)31-18)11-8-19(25)23-9-6-4-5-7-10-23/h12-14H,4-11H2,1-3H3/b18-14-. The highest BCUT2D eigenvalue weighted by molar-refractivity contribution is 8.26. The molecule has 2 aliphatic rings.